The fourth-order valence-electron chi connectivity index (χ4n) is 4.47. The summed E-state index contributed by atoms with van der Waals surface area (Å²) < 4.78 is 23.1. The summed E-state index contributed by atoms with van der Waals surface area (Å²) in [6.07, 6.45) is 2.50. The van der Waals surface area contributed by atoms with Crippen LogP contribution in [0.25, 0.3) is 16.6 Å². The van der Waals surface area contributed by atoms with Gasteiger partial charge in [-0.2, -0.15) is 5.10 Å². The summed E-state index contributed by atoms with van der Waals surface area (Å²) in [5.41, 5.74) is 7.11. The third-order valence-electron chi connectivity index (χ3n) is 6.05. The Morgan fingerprint density at radius 1 is 1.03 bits per heavy atom. The van der Waals surface area contributed by atoms with Crippen LogP contribution in [0, 0.1) is 23.2 Å². The van der Waals surface area contributed by atoms with Crippen LogP contribution in [-0.2, 0) is 6.61 Å². The molecule has 0 unspecified atom stereocenters. The second-order valence-corrected chi connectivity index (χ2v) is 9.52. The van der Waals surface area contributed by atoms with Gasteiger partial charge in [0.1, 0.15) is 12.4 Å². The Kier molecular flexibility index (Phi) is 5.80. The van der Waals surface area contributed by atoms with E-state index in [0.717, 1.165) is 44.6 Å². The number of pyridine rings is 1. The van der Waals surface area contributed by atoms with E-state index in [-0.39, 0.29) is 12.4 Å². The van der Waals surface area contributed by atoms with Crippen molar-refractivity contribution in [3.63, 3.8) is 0 Å². The van der Waals surface area contributed by atoms with Gasteiger partial charge in [0.25, 0.3) is 0 Å². The first kappa shape index (κ1) is 21.2. The van der Waals surface area contributed by atoms with Crippen molar-refractivity contribution >= 4 is 33.8 Å². The SMILES string of the molecule is Cc1cc(OCc2c(F)cccc2I)n2nc(C)c(-c3cccc(N4CCCC4)c3)c2c1. The number of aryl methyl sites for hydroxylation is 2. The summed E-state index contributed by atoms with van der Waals surface area (Å²) in [6.45, 7) is 6.46. The van der Waals surface area contributed by atoms with E-state index in [0.29, 0.717) is 11.4 Å². The van der Waals surface area contributed by atoms with Crippen LogP contribution >= 0.6 is 22.6 Å². The number of halogens is 2. The highest BCUT2D eigenvalue weighted by Gasteiger charge is 2.18. The molecule has 0 aliphatic carbocycles. The minimum Gasteiger partial charge on any atom is -0.473 e. The maximum atomic E-state index is 14.3. The lowest BCUT2D eigenvalue weighted by atomic mass is 10.0. The predicted octanol–water partition coefficient (Wildman–Crippen LogP) is 6.54. The molecule has 4 nitrogen and oxygen atoms in total. The predicted molar refractivity (Wildman–Crippen MR) is 135 cm³/mol. The lowest BCUT2D eigenvalue weighted by molar-refractivity contribution is 0.279. The summed E-state index contributed by atoms with van der Waals surface area (Å²) in [4.78, 5) is 2.44. The molecule has 1 fully saturated rings. The van der Waals surface area contributed by atoms with E-state index in [1.807, 2.05) is 30.5 Å². The van der Waals surface area contributed by atoms with Crippen molar-refractivity contribution in [1.82, 2.24) is 9.61 Å². The standard InChI is InChI=1S/C26H25FIN3O/c1-17-13-24-26(19-7-5-8-20(15-19)30-11-3-4-12-30)18(2)29-31(24)25(14-17)32-16-21-22(27)9-6-10-23(21)28/h5-10,13-15H,3-4,11-12,16H2,1-2H3. The van der Waals surface area contributed by atoms with Gasteiger partial charge in [0.15, 0.2) is 0 Å². The highest BCUT2D eigenvalue weighted by molar-refractivity contribution is 14.1. The number of nitrogens with zero attached hydrogens (tertiary/aromatic N) is 3. The highest BCUT2D eigenvalue weighted by Crippen LogP contribution is 2.34. The number of aromatic nitrogens is 2. The summed E-state index contributed by atoms with van der Waals surface area (Å²) in [6, 6.07) is 17.9. The van der Waals surface area contributed by atoms with E-state index in [2.05, 4.69) is 57.8 Å². The lowest BCUT2D eigenvalue weighted by Gasteiger charge is -2.18. The molecule has 32 heavy (non-hydrogen) atoms. The van der Waals surface area contributed by atoms with Crippen molar-refractivity contribution in [3.05, 3.63) is 80.8 Å². The molecule has 4 aromatic rings. The average Bonchev–Trinajstić information content (AvgIpc) is 3.41. The fourth-order valence-corrected chi connectivity index (χ4v) is 5.09. The Bertz CT molecular complexity index is 1270. The lowest BCUT2D eigenvalue weighted by Crippen LogP contribution is -2.17. The molecule has 5 rings (SSSR count). The number of ether oxygens (including phenoxy) is 1. The van der Waals surface area contributed by atoms with Crippen LogP contribution < -0.4 is 9.64 Å². The first-order valence-corrected chi connectivity index (χ1v) is 12.0. The topological polar surface area (TPSA) is 29.8 Å². The molecule has 0 saturated carbocycles. The van der Waals surface area contributed by atoms with Crippen molar-refractivity contribution in [3.8, 4) is 17.0 Å². The summed E-state index contributed by atoms with van der Waals surface area (Å²) >= 11 is 2.14. The Morgan fingerprint density at radius 2 is 1.81 bits per heavy atom. The molecule has 6 heteroatoms. The maximum absolute atomic E-state index is 14.3. The fraction of sp³-hybridized carbons (Fsp3) is 0.269. The van der Waals surface area contributed by atoms with Crippen molar-refractivity contribution in [1.29, 1.82) is 0 Å². The molecule has 164 valence electrons. The van der Waals surface area contributed by atoms with Crippen molar-refractivity contribution in [2.24, 2.45) is 0 Å². The van der Waals surface area contributed by atoms with Gasteiger partial charge in [-0.25, -0.2) is 8.91 Å². The molecule has 1 aliphatic heterocycles. The third kappa shape index (κ3) is 3.96. The van der Waals surface area contributed by atoms with Crippen LogP contribution in [0.3, 0.4) is 0 Å². The van der Waals surface area contributed by atoms with Gasteiger partial charge in [-0.1, -0.05) is 18.2 Å². The molecule has 1 saturated heterocycles. The molecular weight excluding hydrogens is 516 g/mol. The number of benzene rings is 2. The Morgan fingerprint density at radius 3 is 2.59 bits per heavy atom. The van der Waals surface area contributed by atoms with Crippen LogP contribution in [0.15, 0.2) is 54.6 Å². The molecule has 2 aromatic heterocycles. The number of fused-ring (bicyclic) bond motifs is 1. The molecule has 0 N–H and O–H groups in total. The van der Waals surface area contributed by atoms with Gasteiger partial charge in [-0.15, -0.1) is 0 Å². The zero-order valence-corrected chi connectivity index (χ0v) is 20.4. The van der Waals surface area contributed by atoms with Gasteiger partial charge in [0.2, 0.25) is 5.88 Å². The van der Waals surface area contributed by atoms with Gasteiger partial charge >= 0.3 is 0 Å². The largest absolute Gasteiger partial charge is 0.473 e. The van der Waals surface area contributed by atoms with Crippen molar-refractivity contribution in [2.75, 3.05) is 18.0 Å². The Balaban J connectivity index is 1.54. The molecule has 0 atom stereocenters. The van der Waals surface area contributed by atoms with Gasteiger partial charge in [-0.3, -0.25) is 0 Å². The van der Waals surface area contributed by atoms with E-state index in [1.54, 1.807) is 6.07 Å². The summed E-state index contributed by atoms with van der Waals surface area (Å²) in [5.74, 6) is 0.362. The smallest absolute Gasteiger partial charge is 0.215 e. The zero-order valence-electron chi connectivity index (χ0n) is 18.2. The zero-order chi connectivity index (χ0) is 22.2. The molecule has 0 bridgehead atoms. The number of anilines is 1. The van der Waals surface area contributed by atoms with E-state index >= 15 is 0 Å². The van der Waals surface area contributed by atoms with Gasteiger partial charge < -0.3 is 9.64 Å². The van der Waals surface area contributed by atoms with Crippen LogP contribution in [-0.4, -0.2) is 22.7 Å². The van der Waals surface area contributed by atoms with Crippen LogP contribution in [0.2, 0.25) is 0 Å². The summed E-state index contributed by atoms with van der Waals surface area (Å²) in [7, 11) is 0. The number of hydrogen-bond donors (Lipinski definition) is 0. The van der Waals surface area contributed by atoms with E-state index in [1.165, 1.54) is 24.6 Å². The number of hydrogen-bond acceptors (Lipinski definition) is 3. The van der Waals surface area contributed by atoms with E-state index in [9.17, 15) is 4.39 Å². The van der Waals surface area contributed by atoms with Crippen molar-refractivity contribution in [2.45, 2.75) is 33.3 Å². The number of rotatable bonds is 5. The highest BCUT2D eigenvalue weighted by atomic mass is 127. The third-order valence-corrected chi connectivity index (χ3v) is 7.06. The molecule has 0 spiro atoms. The van der Waals surface area contributed by atoms with Gasteiger partial charge in [-0.05, 0) is 90.7 Å². The second-order valence-electron chi connectivity index (χ2n) is 8.36. The Labute approximate surface area is 201 Å². The average molecular weight is 541 g/mol. The second kappa shape index (κ2) is 8.73. The van der Waals surface area contributed by atoms with Crippen LogP contribution in [0.4, 0.5) is 10.1 Å². The first-order chi connectivity index (χ1) is 15.5. The molecular formula is C26H25FIN3O. The van der Waals surface area contributed by atoms with Gasteiger partial charge in [0.05, 0.1) is 11.2 Å². The monoisotopic (exact) mass is 541 g/mol. The molecule has 2 aromatic carbocycles. The molecule has 3 heterocycles. The van der Waals surface area contributed by atoms with E-state index < -0.39 is 0 Å². The Hall–Kier alpha value is -2.61. The molecule has 0 radical (unpaired) electrons. The van der Waals surface area contributed by atoms with Crippen LogP contribution in [0.1, 0.15) is 29.7 Å². The van der Waals surface area contributed by atoms with Crippen LogP contribution in [0.5, 0.6) is 5.88 Å². The quantitative estimate of drug-likeness (QED) is 0.269. The first-order valence-electron chi connectivity index (χ1n) is 10.9. The molecule has 1 aliphatic rings. The summed E-state index contributed by atoms with van der Waals surface area (Å²) in [5, 5.41) is 4.80. The van der Waals surface area contributed by atoms with Crippen molar-refractivity contribution < 1.29 is 9.13 Å². The van der Waals surface area contributed by atoms with Gasteiger partial charge in [0, 0.05) is 39.5 Å². The normalized spacial score (nSPS) is 13.8. The molecule has 0 amide bonds. The minimum atomic E-state index is -0.253. The maximum Gasteiger partial charge on any atom is 0.215 e. The minimum absolute atomic E-state index is 0.155. The van der Waals surface area contributed by atoms with E-state index in [4.69, 9.17) is 9.84 Å².